The molecule has 0 fully saturated rings. The fourth-order valence-corrected chi connectivity index (χ4v) is 2.72. The van der Waals surface area contributed by atoms with Crippen LogP contribution < -0.4 is 9.47 Å². The summed E-state index contributed by atoms with van der Waals surface area (Å²) in [6.07, 6.45) is 4.32. The molecule has 0 N–H and O–H groups in total. The molecule has 0 radical (unpaired) electrons. The summed E-state index contributed by atoms with van der Waals surface area (Å²) in [7, 11) is 4.62. The minimum atomic E-state index is -0.443. The average molecular weight is 306 g/mol. The lowest BCUT2D eigenvalue weighted by Crippen LogP contribution is -2.33. The van der Waals surface area contributed by atoms with E-state index in [1.54, 1.807) is 14.2 Å². The van der Waals surface area contributed by atoms with E-state index in [1.807, 2.05) is 31.2 Å². The quantitative estimate of drug-likeness (QED) is 0.568. The Kier molecular flexibility index (Phi) is 6.47. The lowest BCUT2D eigenvalue weighted by molar-refractivity contribution is -0.142. The number of hydrogen-bond acceptors (Lipinski definition) is 4. The number of ether oxygens (including phenoxy) is 3. The molecule has 1 aromatic carbocycles. The van der Waals surface area contributed by atoms with Crippen molar-refractivity contribution in [3.05, 3.63) is 35.9 Å². The molecule has 0 bridgehead atoms. The smallest absolute Gasteiger partial charge is 0.306 e. The third kappa shape index (κ3) is 3.62. The van der Waals surface area contributed by atoms with Crippen molar-refractivity contribution in [2.24, 2.45) is 5.92 Å². The molecule has 0 aliphatic rings. The summed E-state index contributed by atoms with van der Waals surface area (Å²) in [4.78, 5) is 11.9. The van der Waals surface area contributed by atoms with E-state index in [2.05, 4.69) is 19.9 Å². The van der Waals surface area contributed by atoms with Gasteiger partial charge in [0.25, 0.3) is 0 Å². The predicted molar refractivity (Wildman–Crippen MR) is 87.5 cm³/mol. The molecule has 0 spiro atoms. The highest BCUT2D eigenvalue weighted by Crippen LogP contribution is 2.41. The van der Waals surface area contributed by atoms with E-state index in [0.29, 0.717) is 11.5 Å². The average Bonchev–Trinajstić information content (AvgIpc) is 2.53. The molecular weight excluding hydrogens is 280 g/mol. The van der Waals surface area contributed by atoms with Gasteiger partial charge in [-0.25, -0.2) is 0 Å². The topological polar surface area (TPSA) is 44.8 Å². The molecule has 0 aromatic heterocycles. The van der Waals surface area contributed by atoms with Crippen LogP contribution in [0.2, 0.25) is 0 Å². The van der Waals surface area contributed by atoms with Crippen molar-refractivity contribution in [1.82, 2.24) is 0 Å². The van der Waals surface area contributed by atoms with Gasteiger partial charge >= 0.3 is 5.97 Å². The summed E-state index contributed by atoms with van der Waals surface area (Å²) >= 11 is 0. The van der Waals surface area contributed by atoms with Gasteiger partial charge in [-0.3, -0.25) is 4.79 Å². The summed E-state index contributed by atoms with van der Waals surface area (Å²) in [5, 5.41) is 0. The fourth-order valence-electron chi connectivity index (χ4n) is 2.72. The predicted octanol–water partition coefficient (Wildman–Crippen LogP) is 3.74. The summed E-state index contributed by atoms with van der Waals surface area (Å²) in [5.41, 5.74) is 0.560. The molecule has 1 rings (SSSR count). The van der Waals surface area contributed by atoms with Gasteiger partial charge in [-0.1, -0.05) is 32.1 Å². The molecule has 0 amide bonds. The Balaban J connectivity index is 3.46. The van der Waals surface area contributed by atoms with Gasteiger partial charge in [-0.15, -0.1) is 0 Å². The van der Waals surface area contributed by atoms with Crippen LogP contribution in [0.15, 0.2) is 30.4 Å². The Hall–Kier alpha value is -1.97. The molecule has 22 heavy (non-hydrogen) atoms. The summed E-state index contributed by atoms with van der Waals surface area (Å²) in [6.45, 7) is 6.15. The van der Waals surface area contributed by atoms with Crippen LogP contribution in [0.25, 0.3) is 0 Å². The molecule has 0 saturated carbocycles. The van der Waals surface area contributed by atoms with Crippen LogP contribution in [0, 0.1) is 5.92 Å². The van der Waals surface area contributed by atoms with E-state index >= 15 is 0 Å². The van der Waals surface area contributed by atoms with Gasteiger partial charge in [0.1, 0.15) is 0 Å². The molecule has 0 aliphatic carbocycles. The molecule has 1 atom stereocenters. The van der Waals surface area contributed by atoms with Gasteiger partial charge in [-0.2, -0.15) is 0 Å². The number of methoxy groups -OCH3 is 3. The van der Waals surface area contributed by atoms with Gasteiger partial charge < -0.3 is 14.2 Å². The highest BCUT2D eigenvalue weighted by atomic mass is 16.5. The monoisotopic (exact) mass is 306 g/mol. The molecule has 0 aliphatic heterocycles. The lowest BCUT2D eigenvalue weighted by Gasteiger charge is -2.35. The zero-order valence-corrected chi connectivity index (χ0v) is 14.3. The van der Waals surface area contributed by atoms with Gasteiger partial charge in [0.2, 0.25) is 0 Å². The van der Waals surface area contributed by atoms with Crippen molar-refractivity contribution >= 4 is 5.97 Å². The minimum absolute atomic E-state index is 0.209. The number of esters is 1. The maximum absolute atomic E-state index is 11.9. The normalized spacial score (nSPS) is 14.0. The van der Waals surface area contributed by atoms with Gasteiger partial charge in [0, 0.05) is 5.41 Å². The van der Waals surface area contributed by atoms with E-state index in [4.69, 9.17) is 14.2 Å². The highest BCUT2D eigenvalue weighted by molar-refractivity contribution is 5.72. The van der Waals surface area contributed by atoms with Crippen molar-refractivity contribution in [1.29, 1.82) is 0 Å². The van der Waals surface area contributed by atoms with Crippen LogP contribution in [-0.2, 0) is 14.9 Å². The molecule has 1 unspecified atom stereocenters. The Bertz CT molecular complexity index is 534. The number of carbonyl (C=O) groups is 1. The number of rotatable bonds is 7. The van der Waals surface area contributed by atoms with Gasteiger partial charge in [0.05, 0.1) is 27.8 Å². The van der Waals surface area contributed by atoms with E-state index in [9.17, 15) is 4.79 Å². The van der Waals surface area contributed by atoms with Gasteiger partial charge in [0.15, 0.2) is 11.5 Å². The van der Waals surface area contributed by atoms with Crippen LogP contribution in [-0.4, -0.2) is 27.3 Å². The third-order valence-electron chi connectivity index (χ3n) is 4.08. The molecule has 122 valence electrons. The van der Waals surface area contributed by atoms with Crippen molar-refractivity contribution in [2.75, 3.05) is 21.3 Å². The third-order valence-corrected chi connectivity index (χ3v) is 4.08. The molecule has 4 nitrogen and oxygen atoms in total. The van der Waals surface area contributed by atoms with E-state index < -0.39 is 5.41 Å². The lowest BCUT2D eigenvalue weighted by atomic mass is 9.69. The largest absolute Gasteiger partial charge is 0.493 e. The van der Waals surface area contributed by atoms with E-state index in [1.165, 1.54) is 7.11 Å². The zero-order chi connectivity index (χ0) is 16.8. The Morgan fingerprint density at radius 1 is 1.18 bits per heavy atom. The number of benzene rings is 1. The maximum Gasteiger partial charge on any atom is 0.306 e. The summed E-state index contributed by atoms with van der Waals surface area (Å²) in [6, 6.07) is 5.78. The van der Waals surface area contributed by atoms with Crippen molar-refractivity contribution in [3.8, 4) is 11.5 Å². The SMILES string of the molecule is C/C=C/C(CC(=O)OC)(c1ccc(OC)c(OC)c1)C(C)C. The Morgan fingerprint density at radius 3 is 2.27 bits per heavy atom. The first-order chi connectivity index (χ1) is 10.4. The zero-order valence-electron chi connectivity index (χ0n) is 14.3. The second kappa shape index (κ2) is 7.87. The molecular formula is C18H26O4. The minimum Gasteiger partial charge on any atom is -0.493 e. The number of hydrogen-bond donors (Lipinski definition) is 0. The molecule has 0 saturated heterocycles. The first-order valence-electron chi connectivity index (χ1n) is 7.38. The maximum atomic E-state index is 11.9. The van der Waals surface area contributed by atoms with Crippen LogP contribution in [0.1, 0.15) is 32.8 Å². The van der Waals surface area contributed by atoms with E-state index in [0.717, 1.165) is 5.56 Å². The van der Waals surface area contributed by atoms with Crippen LogP contribution in [0.3, 0.4) is 0 Å². The summed E-state index contributed by atoms with van der Waals surface area (Å²) in [5.74, 6) is 1.30. The Labute approximate surface area is 133 Å². The van der Waals surface area contributed by atoms with Crippen molar-refractivity contribution in [3.63, 3.8) is 0 Å². The van der Waals surface area contributed by atoms with Crippen LogP contribution in [0.5, 0.6) is 11.5 Å². The second-order valence-corrected chi connectivity index (χ2v) is 5.52. The second-order valence-electron chi connectivity index (χ2n) is 5.52. The molecule has 4 heteroatoms. The van der Waals surface area contributed by atoms with Crippen molar-refractivity contribution < 1.29 is 19.0 Å². The molecule has 1 aromatic rings. The van der Waals surface area contributed by atoms with Crippen LogP contribution >= 0.6 is 0 Å². The number of carbonyl (C=O) groups excluding carboxylic acids is 1. The van der Waals surface area contributed by atoms with E-state index in [-0.39, 0.29) is 18.3 Å². The Morgan fingerprint density at radius 2 is 1.82 bits per heavy atom. The first-order valence-corrected chi connectivity index (χ1v) is 7.38. The van der Waals surface area contributed by atoms with Crippen molar-refractivity contribution in [2.45, 2.75) is 32.6 Å². The summed E-state index contributed by atoms with van der Waals surface area (Å²) < 4.78 is 15.6. The highest BCUT2D eigenvalue weighted by Gasteiger charge is 2.36. The van der Waals surface area contributed by atoms with Gasteiger partial charge in [-0.05, 0) is 30.5 Å². The standard InChI is InChI=1S/C18H26O4/c1-7-10-18(13(2)3,12-17(19)22-6)14-8-9-15(20-4)16(11-14)21-5/h7-11,13H,12H2,1-6H3/b10-7+. The van der Waals surface area contributed by atoms with Crippen LogP contribution in [0.4, 0.5) is 0 Å². The first kappa shape index (κ1) is 18.1. The molecule has 0 heterocycles. The number of allylic oxidation sites excluding steroid dienone is 2. The fraction of sp³-hybridized carbons (Fsp3) is 0.500.